The molecule has 1 fully saturated rings. The summed E-state index contributed by atoms with van der Waals surface area (Å²) in [6.07, 6.45) is 1.11. The van der Waals surface area contributed by atoms with E-state index in [2.05, 4.69) is 15.9 Å². The molecule has 0 heterocycles. The minimum Gasteiger partial charge on any atom is -0.383 e. The molecule has 0 aromatic rings. The Morgan fingerprint density at radius 3 is 1.60 bits per heavy atom. The molecule has 0 amide bonds. The Labute approximate surface area is 98.4 Å². The number of hydrogen-bond acceptors (Lipinski definition) is 1. The molecule has 1 nitrogen and oxygen atoms in total. The molecular formula is C11H19BrF2O. The van der Waals surface area contributed by atoms with E-state index in [0.29, 0.717) is 0 Å². The Hall–Kier alpha value is 0.300. The van der Waals surface area contributed by atoms with Gasteiger partial charge in [0.1, 0.15) is 5.60 Å². The molecule has 0 aromatic carbocycles. The van der Waals surface area contributed by atoms with Crippen molar-refractivity contribution in [2.75, 3.05) is 0 Å². The lowest BCUT2D eigenvalue weighted by atomic mass is 9.60. The second-order valence-corrected chi connectivity index (χ2v) is 7.38. The van der Waals surface area contributed by atoms with Gasteiger partial charge in [-0.1, -0.05) is 27.7 Å². The SMILES string of the molecule is CC1(C)CC(C)(C)CC(O)(C(F)(F)Br)C1. The van der Waals surface area contributed by atoms with Crippen molar-refractivity contribution in [1.82, 2.24) is 0 Å². The average Bonchev–Trinajstić information content (AvgIpc) is 1.72. The van der Waals surface area contributed by atoms with Gasteiger partial charge in [-0.15, -0.1) is 0 Å². The van der Waals surface area contributed by atoms with Gasteiger partial charge in [-0.2, -0.15) is 8.78 Å². The van der Waals surface area contributed by atoms with Gasteiger partial charge >= 0.3 is 4.83 Å². The topological polar surface area (TPSA) is 20.2 Å². The number of halogens is 3. The van der Waals surface area contributed by atoms with Gasteiger partial charge < -0.3 is 5.11 Å². The molecule has 0 saturated heterocycles. The first-order chi connectivity index (χ1) is 6.37. The Morgan fingerprint density at radius 2 is 1.33 bits per heavy atom. The smallest absolute Gasteiger partial charge is 0.329 e. The maximum absolute atomic E-state index is 13.3. The van der Waals surface area contributed by atoms with Crippen LogP contribution in [-0.4, -0.2) is 15.5 Å². The number of hydrogen-bond donors (Lipinski definition) is 1. The van der Waals surface area contributed by atoms with E-state index in [0.717, 1.165) is 6.42 Å². The standard InChI is InChI=1S/C11H19BrF2O/c1-8(2)5-9(3,4)7-10(15,6-8)11(12,13)14/h15H,5-7H2,1-4H3. The van der Waals surface area contributed by atoms with E-state index >= 15 is 0 Å². The molecule has 1 rings (SSSR count). The molecule has 0 unspecified atom stereocenters. The molecule has 0 radical (unpaired) electrons. The first kappa shape index (κ1) is 13.4. The minimum absolute atomic E-state index is 0.127. The van der Waals surface area contributed by atoms with E-state index in [1.807, 2.05) is 27.7 Å². The van der Waals surface area contributed by atoms with Gasteiger partial charge in [-0.3, -0.25) is 0 Å². The highest BCUT2D eigenvalue weighted by Crippen LogP contribution is 2.56. The predicted octanol–water partition coefficient (Wildman–Crippen LogP) is 3.94. The van der Waals surface area contributed by atoms with Crippen molar-refractivity contribution in [2.24, 2.45) is 10.8 Å². The molecule has 0 aliphatic heterocycles. The molecule has 1 aliphatic carbocycles. The molecular weight excluding hydrogens is 266 g/mol. The molecule has 0 atom stereocenters. The maximum atomic E-state index is 13.3. The molecule has 1 N–H and O–H groups in total. The van der Waals surface area contributed by atoms with Crippen molar-refractivity contribution >= 4 is 15.9 Å². The lowest BCUT2D eigenvalue weighted by Gasteiger charge is -2.50. The summed E-state index contributed by atoms with van der Waals surface area (Å²) in [5.41, 5.74) is -2.44. The summed E-state index contributed by atoms with van der Waals surface area (Å²) in [4.78, 5) is -3.21. The summed E-state index contributed by atoms with van der Waals surface area (Å²) in [7, 11) is 0. The molecule has 1 saturated carbocycles. The summed E-state index contributed by atoms with van der Waals surface area (Å²) in [6, 6.07) is 0. The highest BCUT2D eigenvalue weighted by Gasteiger charge is 2.58. The Morgan fingerprint density at radius 1 is 1.00 bits per heavy atom. The van der Waals surface area contributed by atoms with E-state index in [-0.39, 0.29) is 23.7 Å². The van der Waals surface area contributed by atoms with Crippen molar-refractivity contribution in [2.45, 2.75) is 57.4 Å². The molecule has 90 valence electrons. The average molecular weight is 285 g/mol. The molecule has 4 heteroatoms. The molecule has 0 spiro atoms. The fourth-order valence-electron chi connectivity index (χ4n) is 3.27. The monoisotopic (exact) mass is 284 g/mol. The van der Waals surface area contributed by atoms with Crippen molar-refractivity contribution in [1.29, 1.82) is 0 Å². The first-order valence-corrected chi connectivity index (χ1v) is 5.95. The Balaban J connectivity index is 3.03. The van der Waals surface area contributed by atoms with Gasteiger partial charge in [-0.05, 0) is 46.0 Å². The third-order valence-corrected chi connectivity index (χ3v) is 3.76. The van der Waals surface area contributed by atoms with Crippen molar-refractivity contribution in [3.8, 4) is 0 Å². The minimum atomic E-state index is -3.21. The van der Waals surface area contributed by atoms with Crippen LogP contribution in [0.4, 0.5) is 8.78 Å². The van der Waals surface area contributed by atoms with E-state index in [1.54, 1.807) is 0 Å². The zero-order valence-electron chi connectivity index (χ0n) is 9.70. The molecule has 0 bridgehead atoms. The third-order valence-electron chi connectivity index (χ3n) is 3.03. The van der Waals surface area contributed by atoms with Gasteiger partial charge in [0.2, 0.25) is 0 Å². The van der Waals surface area contributed by atoms with Crippen LogP contribution in [-0.2, 0) is 0 Å². The van der Waals surface area contributed by atoms with Gasteiger partial charge in [0.05, 0.1) is 0 Å². The summed E-state index contributed by atoms with van der Waals surface area (Å²) < 4.78 is 26.7. The Kier molecular flexibility index (Phi) is 3.02. The largest absolute Gasteiger partial charge is 0.383 e. The van der Waals surface area contributed by atoms with Crippen LogP contribution in [0.1, 0.15) is 47.0 Å². The molecule has 15 heavy (non-hydrogen) atoms. The van der Waals surface area contributed by atoms with Crippen LogP contribution in [0, 0.1) is 10.8 Å². The third kappa shape index (κ3) is 2.90. The van der Waals surface area contributed by atoms with Crippen molar-refractivity contribution < 1.29 is 13.9 Å². The fraction of sp³-hybridized carbons (Fsp3) is 1.00. The van der Waals surface area contributed by atoms with E-state index in [4.69, 9.17) is 0 Å². The number of rotatable bonds is 1. The van der Waals surface area contributed by atoms with E-state index < -0.39 is 10.4 Å². The van der Waals surface area contributed by atoms with Crippen molar-refractivity contribution in [3.63, 3.8) is 0 Å². The van der Waals surface area contributed by atoms with Gasteiger partial charge in [0.15, 0.2) is 0 Å². The van der Waals surface area contributed by atoms with Crippen LogP contribution in [0.15, 0.2) is 0 Å². The van der Waals surface area contributed by atoms with Gasteiger partial charge in [0, 0.05) is 0 Å². The quantitative estimate of drug-likeness (QED) is 0.723. The highest BCUT2D eigenvalue weighted by molar-refractivity contribution is 9.10. The van der Waals surface area contributed by atoms with Crippen LogP contribution in [0.3, 0.4) is 0 Å². The zero-order valence-corrected chi connectivity index (χ0v) is 11.3. The number of alkyl halides is 3. The summed E-state index contributed by atoms with van der Waals surface area (Å²) in [6.45, 7) is 7.71. The second-order valence-electron chi connectivity index (χ2n) is 6.39. The van der Waals surface area contributed by atoms with Gasteiger partial charge in [0.25, 0.3) is 0 Å². The molecule has 0 aromatic heterocycles. The second kappa shape index (κ2) is 3.39. The highest BCUT2D eigenvalue weighted by atomic mass is 79.9. The fourth-order valence-corrected chi connectivity index (χ4v) is 3.55. The van der Waals surface area contributed by atoms with Crippen LogP contribution in [0.5, 0.6) is 0 Å². The van der Waals surface area contributed by atoms with E-state index in [9.17, 15) is 13.9 Å². The normalized spacial score (nSPS) is 28.8. The van der Waals surface area contributed by atoms with Gasteiger partial charge in [-0.25, -0.2) is 0 Å². The lowest BCUT2D eigenvalue weighted by Crippen LogP contribution is -2.54. The van der Waals surface area contributed by atoms with Crippen LogP contribution < -0.4 is 0 Å². The zero-order chi connectivity index (χ0) is 12.1. The predicted molar refractivity (Wildman–Crippen MR) is 60.2 cm³/mol. The Bertz CT molecular complexity index is 240. The van der Waals surface area contributed by atoms with Crippen LogP contribution >= 0.6 is 15.9 Å². The van der Waals surface area contributed by atoms with Crippen LogP contribution in [0.2, 0.25) is 0 Å². The molecule has 1 aliphatic rings. The first-order valence-electron chi connectivity index (χ1n) is 5.16. The lowest BCUT2D eigenvalue weighted by molar-refractivity contribution is -0.179. The van der Waals surface area contributed by atoms with E-state index in [1.165, 1.54) is 0 Å². The summed E-state index contributed by atoms with van der Waals surface area (Å²) >= 11 is 2.32. The van der Waals surface area contributed by atoms with Crippen LogP contribution in [0.25, 0.3) is 0 Å². The number of aliphatic hydroxyl groups is 1. The maximum Gasteiger partial charge on any atom is 0.329 e. The summed E-state index contributed by atoms with van der Waals surface area (Å²) in [5.74, 6) is 0. The summed E-state index contributed by atoms with van der Waals surface area (Å²) in [5, 5.41) is 10.1. The van der Waals surface area contributed by atoms with Crippen molar-refractivity contribution in [3.05, 3.63) is 0 Å².